The first-order valence-electron chi connectivity index (χ1n) is 4.34. The van der Waals surface area contributed by atoms with Crippen LogP contribution in [0.2, 0.25) is 0 Å². The minimum Gasteiger partial charge on any atom is -0.495 e. The van der Waals surface area contributed by atoms with E-state index in [0.29, 0.717) is 5.92 Å². The van der Waals surface area contributed by atoms with E-state index in [9.17, 15) is 0 Å². The van der Waals surface area contributed by atoms with Crippen molar-refractivity contribution in [2.75, 3.05) is 7.11 Å². The number of nitrogens with zero attached hydrogens (tertiary/aromatic N) is 1. The number of hydrogen-bond donors (Lipinski definition) is 0. The van der Waals surface area contributed by atoms with Gasteiger partial charge in [0.25, 0.3) is 0 Å². The van der Waals surface area contributed by atoms with Crippen LogP contribution in [-0.2, 0) is 6.42 Å². The second-order valence-corrected chi connectivity index (χ2v) is 3.36. The van der Waals surface area contributed by atoms with E-state index >= 15 is 0 Å². The summed E-state index contributed by atoms with van der Waals surface area (Å²) in [5.41, 5.74) is 2.62. The average Bonchev–Trinajstić information content (AvgIpc) is 2.47. The Balaban J connectivity index is 2.41. The van der Waals surface area contributed by atoms with Gasteiger partial charge in [0.1, 0.15) is 5.75 Å². The van der Waals surface area contributed by atoms with E-state index in [0.717, 1.165) is 12.2 Å². The van der Waals surface area contributed by atoms with Crippen LogP contribution >= 0.6 is 0 Å². The van der Waals surface area contributed by atoms with E-state index < -0.39 is 0 Å². The molecule has 0 saturated carbocycles. The van der Waals surface area contributed by atoms with Crippen LogP contribution in [0.3, 0.4) is 0 Å². The van der Waals surface area contributed by atoms with Crippen molar-refractivity contribution in [1.82, 2.24) is 4.98 Å². The van der Waals surface area contributed by atoms with Crippen molar-refractivity contribution in [3.05, 3.63) is 23.5 Å². The Kier molecular flexibility index (Phi) is 1.75. The lowest BCUT2D eigenvalue weighted by Gasteiger charge is -2.04. The summed E-state index contributed by atoms with van der Waals surface area (Å²) in [5, 5.41) is 0. The van der Waals surface area contributed by atoms with Crippen LogP contribution < -0.4 is 4.74 Å². The maximum absolute atomic E-state index is 5.11. The first-order chi connectivity index (χ1) is 5.81. The van der Waals surface area contributed by atoms with Gasteiger partial charge < -0.3 is 4.74 Å². The van der Waals surface area contributed by atoms with Gasteiger partial charge in [0.05, 0.1) is 13.3 Å². The van der Waals surface area contributed by atoms with Gasteiger partial charge in [-0.25, -0.2) is 0 Å². The van der Waals surface area contributed by atoms with E-state index in [2.05, 4.69) is 18.0 Å². The first kappa shape index (κ1) is 7.59. The van der Waals surface area contributed by atoms with Crippen LogP contribution in [0.1, 0.15) is 30.5 Å². The summed E-state index contributed by atoms with van der Waals surface area (Å²) < 4.78 is 5.11. The third-order valence-corrected chi connectivity index (χ3v) is 2.53. The lowest BCUT2D eigenvalue weighted by atomic mass is 10.1. The molecule has 64 valence electrons. The van der Waals surface area contributed by atoms with Crippen molar-refractivity contribution in [3.8, 4) is 5.75 Å². The molecule has 0 radical (unpaired) electrons. The molecule has 2 nitrogen and oxygen atoms in total. The predicted octanol–water partition coefficient (Wildman–Crippen LogP) is 2.14. The number of ether oxygens (including phenoxy) is 1. The number of methoxy groups -OCH3 is 1. The van der Waals surface area contributed by atoms with Crippen LogP contribution in [0.25, 0.3) is 0 Å². The Hall–Kier alpha value is -1.05. The Bertz CT molecular complexity index is 296. The number of fused-ring (bicyclic) bond motifs is 1. The van der Waals surface area contributed by atoms with Gasteiger partial charge in [0.2, 0.25) is 0 Å². The molecule has 0 saturated heterocycles. The number of aryl methyl sites for hydroxylation is 1. The second-order valence-electron chi connectivity index (χ2n) is 3.36. The van der Waals surface area contributed by atoms with Crippen molar-refractivity contribution in [2.45, 2.75) is 25.7 Å². The Labute approximate surface area is 72.6 Å². The molecule has 1 aromatic rings. The quantitative estimate of drug-likeness (QED) is 0.632. The summed E-state index contributed by atoms with van der Waals surface area (Å²) >= 11 is 0. The molecule has 0 amide bonds. The van der Waals surface area contributed by atoms with E-state index in [-0.39, 0.29) is 0 Å². The fourth-order valence-corrected chi connectivity index (χ4v) is 1.76. The highest BCUT2D eigenvalue weighted by Crippen LogP contribution is 2.32. The van der Waals surface area contributed by atoms with Gasteiger partial charge in [-0.2, -0.15) is 0 Å². The summed E-state index contributed by atoms with van der Waals surface area (Å²) in [6.45, 7) is 2.23. The predicted molar refractivity (Wildman–Crippen MR) is 47.5 cm³/mol. The molecule has 1 heterocycles. The van der Waals surface area contributed by atoms with Gasteiger partial charge >= 0.3 is 0 Å². The van der Waals surface area contributed by atoms with E-state index in [1.807, 2.05) is 0 Å². The van der Waals surface area contributed by atoms with Gasteiger partial charge in [-0.15, -0.1) is 0 Å². The van der Waals surface area contributed by atoms with E-state index in [4.69, 9.17) is 4.74 Å². The molecule has 12 heavy (non-hydrogen) atoms. The van der Waals surface area contributed by atoms with Crippen LogP contribution in [0.5, 0.6) is 5.75 Å². The molecule has 0 N–H and O–H groups in total. The number of pyridine rings is 1. The largest absolute Gasteiger partial charge is 0.495 e. The molecule has 1 unspecified atom stereocenters. The van der Waals surface area contributed by atoms with Crippen molar-refractivity contribution in [1.29, 1.82) is 0 Å². The van der Waals surface area contributed by atoms with Gasteiger partial charge in [-0.05, 0) is 30.4 Å². The molecule has 1 aliphatic carbocycles. The molecule has 0 bridgehead atoms. The topological polar surface area (TPSA) is 22.1 Å². The van der Waals surface area contributed by atoms with Crippen LogP contribution in [0.15, 0.2) is 12.3 Å². The summed E-state index contributed by atoms with van der Waals surface area (Å²) in [6.07, 6.45) is 4.19. The second kappa shape index (κ2) is 2.77. The zero-order chi connectivity index (χ0) is 8.55. The molecule has 2 heteroatoms. The molecule has 2 rings (SSSR count). The standard InChI is InChI=1S/C10H13NO/c1-7-3-4-8-5-9(12-2)6-11-10(7)8/h5-7H,3-4H2,1-2H3. The van der Waals surface area contributed by atoms with E-state index in [1.54, 1.807) is 13.3 Å². The van der Waals surface area contributed by atoms with Gasteiger partial charge in [-0.1, -0.05) is 6.92 Å². The third-order valence-electron chi connectivity index (χ3n) is 2.53. The maximum Gasteiger partial charge on any atom is 0.137 e. The van der Waals surface area contributed by atoms with Crippen molar-refractivity contribution < 1.29 is 4.74 Å². The third kappa shape index (κ3) is 1.07. The molecule has 1 aliphatic rings. The average molecular weight is 163 g/mol. The van der Waals surface area contributed by atoms with Crippen LogP contribution in [0.4, 0.5) is 0 Å². The number of rotatable bonds is 1. The van der Waals surface area contributed by atoms with Gasteiger partial charge in [0.15, 0.2) is 0 Å². The fourth-order valence-electron chi connectivity index (χ4n) is 1.76. The first-order valence-corrected chi connectivity index (χ1v) is 4.34. The lowest BCUT2D eigenvalue weighted by Crippen LogP contribution is -1.93. The lowest BCUT2D eigenvalue weighted by molar-refractivity contribution is 0.412. The molecule has 0 spiro atoms. The van der Waals surface area contributed by atoms with Crippen LogP contribution in [0, 0.1) is 0 Å². The minimum absolute atomic E-state index is 0.630. The smallest absolute Gasteiger partial charge is 0.137 e. The molecule has 1 aromatic heterocycles. The highest BCUT2D eigenvalue weighted by molar-refractivity contribution is 5.34. The SMILES string of the molecule is COc1cnc2c(c1)CCC2C. The normalized spacial score (nSPS) is 20.7. The molecule has 1 atom stereocenters. The number of aromatic nitrogens is 1. The van der Waals surface area contributed by atoms with Gasteiger partial charge in [0, 0.05) is 5.69 Å². The Morgan fingerprint density at radius 1 is 1.58 bits per heavy atom. The fraction of sp³-hybridized carbons (Fsp3) is 0.500. The van der Waals surface area contributed by atoms with Crippen molar-refractivity contribution in [3.63, 3.8) is 0 Å². The summed E-state index contributed by atoms with van der Waals surface area (Å²) in [5.74, 6) is 1.51. The molecule has 0 aliphatic heterocycles. The molecule has 0 fully saturated rings. The highest BCUT2D eigenvalue weighted by atomic mass is 16.5. The van der Waals surface area contributed by atoms with Crippen LogP contribution in [-0.4, -0.2) is 12.1 Å². The zero-order valence-electron chi connectivity index (χ0n) is 7.50. The Morgan fingerprint density at radius 3 is 3.17 bits per heavy atom. The summed E-state index contributed by atoms with van der Waals surface area (Å²) in [7, 11) is 1.68. The van der Waals surface area contributed by atoms with Crippen molar-refractivity contribution in [2.24, 2.45) is 0 Å². The molecular weight excluding hydrogens is 150 g/mol. The molecular formula is C10H13NO. The number of hydrogen-bond acceptors (Lipinski definition) is 2. The zero-order valence-corrected chi connectivity index (χ0v) is 7.50. The van der Waals surface area contributed by atoms with Gasteiger partial charge in [-0.3, -0.25) is 4.98 Å². The van der Waals surface area contributed by atoms with E-state index in [1.165, 1.54) is 17.7 Å². The maximum atomic E-state index is 5.11. The Morgan fingerprint density at radius 2 is 2.42 bits per heavy atom. The highest BCUT2D eigenvalue weighted by Gasteiger charge is 2.19. The summed E-state index contributed by atoms with van der Waals surface area (Å²) in [6, 6.07) is 2.10. The minimum atomic E-state index is 0.630. The summed E-state index contributed by atoms with van der Waals surface area (Å²) in [4.78, 5) is 4.39. The van der Waals surface area contributed by atoms with Crippen molar-refractivity contribution >= 4 is 0 Å². The monoisotopic (exact) mass is 163 g/mol. The molecule has 0 aromatic carbocycles.